The van der Waals surface area contributed by atoms with Crippen LogP contribution >= 0.6 is 11.6 Å². The predicted octanol–water partition coefficient (Wildman–Crippen LogP) is 1.08. The maximum atomic E-state index is 5.56. The Morgan fingerprint density at radius 3 is 3.00 bits per heavy atom. The summed E-state index contributed by atoms with van der Waals surface area (Å²) in [4.78, 5) is 7.64. The van der Waals surface area contributed by atoms with Crippen molar-refractivity contribution < 1.29 is 0 Å². The molecule has 0 saturated heterocycles. The topological polar surface area (TPSA) is 51.8 Å². The third-order valence-electron chi connectivity index (χ3n) is 1.01. The number of anilines is 1. The monoisotopic (exact) mass is 167 g/mol. The molecule has 0 unspecified atom stereocenters. The Morgan fingerprint density at radius 1 is 1.64 bits per heavy atom. The Labute approximate surface area is 69.6 Å². The molecule has 0 aliphatic heterocycles. The molecule has 0 aliphatic rings. The SMILES string of the molecule is CC#Cc1nc(Cl)cnc1N. The number of nitrogens with zero attached hydrogens (tertiary/aromatic N) is 2. The summed E-state index contributed by atoms with van der Waals surface area (Å²) in [6.07, 6.45) is 1.39. The normalized spacial score (nSPS) is 8.55. The molecular weight excluding hydrogens is 162 g/mol. The van der Waals surface area contributed by atoms with Gasteiger partial charge < -0.3 is 5.73 Å². The number of aromatic nitrogens is 2. The van der Waals surface area contributed by atoms with E-state index in [0.717, 1.165) is 0 Å². The molecule has 0 radical (unpaired) electrons. The van der Waals surface area contributed by atoms with Crippen molar-refractivity contribution in [2.24, 2.45) is 0 Å². The molecule has 11 heavy (non-hydrogen) atoms. The van der Waals surface area contributed by atoms with Crippen molar-refractivity contribution in [3.05, 3.63) is 17.0 Å². The van der Waals surface area contributed by atoms with Gasteiger partial charge in [-0.25, -0.2) is 9.97 Å². The van der Waals surface area contributed by atoms with Crippen molar-refractivity contribution >= 4 is 17.4 Å². The second kappa shape index (κ2) is 3.22. The Hall–Kier alpha value is -1.27. The molecule has 1 aromatic heterocycles. The highest BCUT2D eigenvalue weighted by molar-refractivity contribution is 6.29. The van der Waals surface area contributed by atoms with Crippen LogP contribution in [0.25, 0.3) is 0 Å². The lowest BCUT2D eigenvalue weighted by molar-refractivity contribution is 1.18. The summed E-state index contributed by atoms with van der Waals surface area (Å²) in [7, 11) is 0. The van der Waals surface area contributed by atoms with Crippen LogP contribution < -0.4 is 5.73 Å². The molecule has 1 aromatic rings. The van der Waals surface area contributed by atoms with Gasteiger partial charge in [-0.05, 0) is 12.8 Å². The summed E-state index contributed by atoms with van der Waals surface area (Å²) < 4.78 is 0. The van der Waals surface area contributed by atoms with E-state index in [9.17, 15) is 0 Å². The lowest BCUT2D eigenvalue weighted by atomic mass is 10.4. The fourth-order valence-corrected chi connectivity index (χ4v) is 0.721. The number of rotatable bonds is 0. The summed E-state index contributed by atoms with van der Waals surface area (Å²) in [5, 5.41) is 0.303. The zero-order chi connectivity index (χ0) is 8.27. The lowest BCUT2D eigenvalue weighted by Crippen LogP contribution is -1.96. The van der Waals surface area contributed by atoms with Crippen LogP contribution in [-0.4, -0.2) is 9.97 Å². The minimum atomic E-state index is 0.303. The van der Waals surface area contributed by atoms with E-state index < -0.39 is 0 Å². The molecule has 0 spiro atoms. The molecule has 2 N–H and O–H groups in total. The van der Waals surface area contributed by atoms with E-state index >= 15 is 0 Å². The van der Waals surface area contributed by atoms with Crippen molar-refractivity contribution in [2.75, 3.05) is 5.73 Å². The zero-order valence-electron chi connectivity index (χ0n) is 5.93. The van der Waals surface area contributed by atoms with E-state index in [0.29, 0.717) is 16.7 Å². The van der Waals surface area contributed by atoms with E-state index in [-0.39, 0.29) is 0 Å². The molecular formula is C7H6ClN3. The van der Waals surface area contributed by atoms with Gasteiger partial charge in [0, 0.05) is 0 Å². The minimum absolute atomic E-state index is 0.303. The van der Waals surface area contributed by atoms with Gasteiger partial charge in [0.05, 0.1) is 6.20 Å². The molecule has 0 aromatic carbocycles. The van der Waals surface area contributed by atoms with Gasteiger partial charge >= 0.3 is 0 Å². The van der Waals surface area contributed by atoms with Crippen LogP contribution in [0.5, 0.6) is 0 Å². The van der Waals surface area contributed by atoms with Gasteiger partial charge in [-0.2, -0.15) is 0 Å². The van der Waals surface area contributed by atoms with E-state index in [1.165, 1.54) is 6.20 Å². The van der Waals surface area contributed by atoms with E-state index in [4.69, 9.17) is 17.3 Å². The zero-order valence-corrected chi connectivity index (χ0v) is 6.68. The van der Waals surface area contributed by atoms with Gasteiger partial charge in [0.2, 0.25) is 0 Å². The van der Waals surface area contributed by atoms with Gasteiger partial charge in [-0.15, -0.1) is 0 Å². The highest BCUT2D eigenvalue weighted by atomic mass is 35.5. The summed E-state index contributed by atoms with van der Waals surface area (Å²) in [6.45, 7) is 1.70. The molecule has 1 heterocycles. The first-order valence-corrected chi connectivity index (χ1v) is 3.32. The highest BCUT2D eigenvalue weighted by Gasteiger charge is 1.98. The van der Waals surface area contributed by atoms with Crippen LogP contribution in [0, 0.1) is 11.8 Å². The molecule has 0 aliphatic carbocycles. The van der Waals surface area contributed by atoms with E-state index in [1.807, 2.05) is 0 Å². The van der Waals surface area contributed by atoms with Crippen molar-refractivity contribution in [3.8, 4) is 11.8 Å². The first-order chi connectivity index (χ1) is 5.24. The second-order valence-corrected chi connectivity index (χ2v) is 2.19. The Bertz CT molecular complexity index is 324. The van der Waals surface area contributed by atoms with Crippen LogP contribution in [0.1, 0.15) is 12.6 Å². The van der Waals surface area contributed by atoms with Gasteiger partial charge in [0.15, 0.2) is 11.5 Å². The average Bonchev–Trinajstić information content (AvgIpc) is 1.98. The number of hydrogen-bond acceptors (Lipinski definition) is 3. The maximum Gasteiger partial charge on any atom is 0.158 e. The maximum absolute atomic E-state index is 5.56. The fraction of sp³-hybridized carbons (Fsp3) is 0.143. The highest BCUT2D eigenvalue weighted by Crippen LogP contribution is 2.07. The number of nitrogens with two attached hydrogens (primary N) is 1. The van der Waals surface area contributed by atoms with Crippen molar-refractivity contribution in [3.63, 3.8) is 0 Å². The molecule has 0 amide bonds. The quantitative estimate of drug-likeness (QED) is 0.589. The van der Waals surface area contributed by atoms with Crippen LogP contribution in [0.3, 0.4) is 0 Å². The summed E-state index contributed by atoms with van der Waals surface area (Å²) >= 11 is 5.56. The molecule has 0 bridgehead atoms. The third-order valence-corrected chi connectivity index (χ3v) is 1.20. The van der Waals surface area contributed by atoms with Crippen molar-refractivity contribution in [1.82, 2.24) is 9.97 Å². The van der Waals surface area contributed by atoms with Gasteiger partial charge in [0.25, 0.3) is 0 Å². The second-order valence-electron chi connectivity index (χ2n) is 1.80. The van der Waals surface area contributed by atoms with Crippen LogP contribution in [0.15, 0.2) is 6.20 Å². The smallest absolute Gasteiger partial charge is 0.158 e. The Kier molecular flexibility index (Phi) is 2.29. The molecule has 56 valence electrons. The molecule has 0 fully saturated rings. The number of halogens is 1. The summed E-state index contributed by atoms with van der Waals surface area (Å²) in [5.74, 6) is 5.65. The first-order valence-electron chi connectivity index (χ1n) is 2.95. The van der Waals surface area contributed by atoms with Gasteiger partial charge in [-0.1, -0.05) is 17.5 Å². The summed E-state index contributed by atoms with van der Waals surface area (Å²) in [6, 6.07) is 0. The van der Waals surface area contributed by atoms with Crippen LogP contribution in [0.4, 0.5) is 5.82 Å². The number of nitrogen functional groups attached to an aromatic ring is 1. The Balaban J connectivity index is 3.19. The van der Waals surface area contributed by atoms with E-state index in [2.05, 4.69) is 21.8 Å². The van der Waals surface area contributed by atoms with Gasteiger partial charge in [0.1, 0.15) is 5.15 Å². The minimum Gasteiger partial charge on any atom is -0.381 e. The van der Waals surface area contributed by atoms with Crippen LogP contribution in [0.2, 0.25) is 5.15 Å². The van der Waals surface area contributed by atoms with Gasteiger partial charge in [-0.3, -0.25) is 0 Å². The summed E-state index contributed by atoms with van der Waals surface area (Å²) in [5.41, 5.74) is 5.87. The standard InChI is InChI=1S/C7H6ClN3/c1-2-3-5-7(9)10-4-6(8)11-5/h4H,1H3,(H2,9,10). The average molecular weight is 168 g/mol. The van der Waals surface area contributed by atoms with E-state index in [1.54, 1.807) is 6.92 Å². The van der Waals surface area contributed by atoms with Crippen molar-refractivity contribution in [2.45, 2.75) is 6.92 Å². The molecule has 1 rings (SSSR count). The lowest BCUT2D eigenvalue weighted by Gasteiger charge is -1.94. The third kappa shape index (κ3) is 1.82. The predicted molar refractivity (Wildman–Crippen MR) is 44.0 cm³/mol. The van der Waals surface area contributed by atoms with Crippen molar-refractivity contribution in [1.29, 1.82) is 0 Å². The Morgan fingerprint density at radius 2 is 2.36 bits per heavy atom. The largest absolute Gasteiger partial charge is 0.381 e. The molecule has 0 atom stereocenters. The fourth-order valence-electron chi connectivity index (χ4n) is 0.587. The molecule has 3 nitrogen and oxygen atoms in total. The first kappa shape index (κ1) is 7.83. The molecule has 0 saturated carbocycles. The van der Waals surface area contributed by atoms with Crippen LogP contribution in [-0.2, 0) is 0 Å². The molecule has 4 heteroatoms. The number of hydrogen-bond donors (Lipinski definition) is 1.